The first kappa shape index (κ1) is 20.6. The molecule has 3 rings (SSSR count). The van der Waals surface area contributed by atoms with Crippen LogP contribution in [0.25, 0.3) is 11.1 Å². The lowest BCUT2D eigenvalue weighted by Gasteiger charge is -2.19. The van der Waals surface area contributed by atoms with Gasteiger partial charge in [0.05, 0.1) is 7.11 Å². The van der Waals surface area contributed by atoms with Crippen LogP contribution < -0.4 is 5.32 Å². The first-order chi connectivity index (χ1) is 13.9. The van der Waals surface area contributed by atoms with Gasteiger partial charge in [-0.2, -0.15) is 0 Å². The van der Waals surface area contributed by atoms with Gasteiger partial charge in [0.25, 0.3) is 5.78 Å². The van der Waals surface area contributed by atoms with Crippen LogP contribution in [0.1, 0.15) is 37.3 Å². The van der Waals surface area contributed by atoms with Crippen molar-refractivity contribution in [1.82, 2.24) is 5.32 Å². The summed E-state index contributed by atoms with van der Waals surface area (Å²) < 4.78 is 9.96. The molecule has 0 fully saturated rings. The topological polar surface area (TPSA) is 81.7 Å². The molecule has 0 aromatic heterocycles. The number of fused-ring (bicyclic) bond motifs is 3. The summed E-state index contributed by atoms with van der Waals surface area (Å²) >= 11 is 0. The molecule has 6 heteroatoms. The van der Waals surface area contributed by atoms with Gasteiger partial charge in [-0.05, 0) is 34.6 Å². The second-order valence-corrected chi connectivity index (χ2v) is 7.51. The minimum atomic E-state index is -0.977. The van der Waals surface area contributed by atoms with Gasteiger partial charge in [0, 0.05) is 5.92 Å². The molecular formula is C23H25NO5. The van der Waals surface area contributed by atoms with Crippen LogP contribution in [0.5, 0.6) is 0 Å². The van der Waals surface area contributed by atoms with Gasteiger partial charge in [-0.1, -0.05) is 62.4 Å². The lowest BCUT2D eigenvalue weighted by Crippen LogP contribution is -2.45. The Labute approximate surface area is 170 Å². The van der Waals surface area contributed by atoms with Gasteiger partial charge < -0.3 is 14.8 Å². The summed E-state index contributed by atoms with van der Waals surface area (Å²) in [5.41, 5.74) is 4.48. The Balaban J connectivity index is 1.70. The van der Waals surface area contributed by atoms with Gasteiger partial charge in [0.1, 0.15) is 12.6 Å². The smallest absolute Gasteiger partial charge is 0.407 e. The SMILES string of the molecule is COC(=O)C(=O)[C@H](CC(C)C)NC(=O)OCC1c2ccccc2-c2ccccc21. The zero-order chi connectivity index (χ0) is 21.0. The standard InChI is InChI=1S/C23H25NO5/c1-14(2)12-20(21(25)22(26)28-3)24-23(27)29-13-19-17-10-6-4-8-15(17)16-9-5-7-11-18(16)19/h4-11,14,19-20H,12-13H2,1-3H3,(H,24,27)/t20-/m0/s1. The number of rotatable bonds is 7. The number of carbonyl (C=O) groups excluding carboxylic acids is 3. The van der Waals surface area contributed by atoms with E-state index in [1.165, 1.54) is 0 Å². The zero-order valence-electron chi connectivity index (χ0n) is 16.8. The normalized spacial score (nSPS) is 13.4. The van der Waals surface area contributed by atoms with Crippen molar-refractivity contribution >= 4 is 17.8 Å². The number of carbonyl (C=O) groups is 3. The average molecular weight is 395 g/mol. The van der Waals surface area contributed by atoms with E-state index in [1.54, 1.807) is 0 Å². The van der Waals surface area contributed by atoms with Crippen LogP contribution in [-0.2, 0) is 19.1 Å². The fourth-order valence-electron chi connectivity index (χ4n) is 3.73. The number of nitrogens with one attached hydrogen (secondary N) is 1. The molecule has 2 aromatic rings. The van der Waals surface area contributed by atoms with Gasteiger partial charge in [-0.3, -0.25) is 4.79 Å². The summed E-state index contributed by atoms with van der Waals surface area (Å²) in [5, 5.41) is 2.52. The number of amides is 1. The molecule has 6 nitrogen and oxygen atoms in total. The van der Waals surface area contributed by atoms with E-state index in [2.05, 4.69) is 22.2 Å². The fourth-order valence-corrected chi connectivity index (χ4v) is 3.73. The van der Waals surface area contributed by atoms with Crippen molar-refractivity contribution in [3.63, 3.8) is 0 Å². The molecule has 1 N–H and O–H groups in total. The fraction of sp³-hybridized carbons (Fsp3) is 0.348. The van der Waals surface area contributed by atoms with Crippen molar-refractivity contribution in [2.24, 2.45) is 5.92 Å². The van der Waals surface area contributed by atoms with E-state index in [0.29, 0.717) is 6.42 Å². The maximum Gasteiger partial charge on any atom is 0.407 e. The maximum atomic E-state index is 12.4. The van der Waals surface area contributed by atoms with Crippen molar-refractivity contribution < 1.29 is 23.9 Å². The predicted molar refractivity (Wildman–Crippen MR) is 108 cm³/mol. The third-order valence-electron chi connectivity index (χ3n) is 5.05. The van der Waals surface area contributed by atoms with Crippen LogP contribution in [0.15, 0.2) is 48.5 Å². The first-order valence-corrected chi connectivity index (χ1v) is 9.66. The van der Waals surface area contributed by atoms with Gasteiger partial charge in [-0.25, -0.2) is 9.59 Å². The number of ether oxygens (including phenoxy) is 2. The molecule has 0 spiro atoms. The minimum absolute atomic E-state index is 0.0759. The van der Waals surface area contributed by atoms with Crippen LogP contribution in [0.3, 0.4) is 0 Å². The molecule has 0 unspecified atom stereocenters. The van der Waals surface area contributed by atoms with E-state index in [9.17, 15) is 14.4 Å². The molecule has 1 aliphatic rings. The Morgan fingerprint density at radius 3 is 2.03 bits per heavy atom. The van der Waals surface area contributed by atoms with Gasteiger partial charge in [-0.15, -0.1) is 0 Å². The summed E-state index contributed by atoms with van der Waals surface area (Å²) in [6.07, 6.45) is -0.409. The van der Waals surface area contributed by atoms with Crippen LogP contribution in [-0.4, -0.2) is 37.6 Å². The minimum Gasteiger partial charge on any atom is -0.463 e. The molecule has 2 aromatic carbocycles. The van der Waals surface area contributed by atoms with Crippen LogP contribution in [0, 0.1) is 5.92 Å². The number of benzene rings is 2. The van der Waals surface area contributed by atoms with Crippen molar-refractivity contribution in [2.75, 3.05) is 13.7 Å². The Morgan fingerprint density at radius 1 is 0.966 bits per heavy atom. The molecule has 152 valence electrons. The molecule has 1 atom stereocenters. The molecule has 0 heterocycles. The Kier molecular flexibility index (Phi) is 6.32. The van der Waals surface area contributed by atoms with Crippen molar-refractivity contribution in [3.8, 4) is 11.1 Å². The Morgan fingerprint density at radius 2 is 1.52 bits per heavy atom. The van der Waals surface area contributed by atoms with Crippen LogP contribution in [0.4, 0.5) is 4.79 Å². The van der Waals surface area contributed by atoms with E-state index in [4.69, 9.17) is 4.74 Å². The predicted octanol–water partition coefficient (Wildman–Crippen LogP) is 3.68. The average Bonchev–Trinajstić information content (AvgIpc) is 3.04. The number of esters is 1. The third-order valence-corrected chi connectivity index (χ3v) is 5.05. The summed E-state index contributed by atoms with van der Waals surface area (Å²) in [6, 6.07) is 15.1. The number of Topliss-reactive ketones (excluding diaryl/α,β-unsaturated/α-hetero) is 1. The number of ketones is 1. The molecule has 29 heavy (non-hydrogen) atoms. The molecular weight excluding hydrogens is 370 g/mol. The Bertz CT molecular complexity index is 875. The molecule has 1 aliphatic carbocycles. The molecule has 1 amide bonds. The quantitative estimate of drug-likeness (QED) is 0.571. The molecule has 0 saturated heterocycles. The molecule has 0 radical (unpaired) electrons. The van der Waals surface area contributed by atoms with Crippen molar-refractivity contribution in [3.05, 3.63) is 59.7 Å². The summed E-state index contributed by atoms with van der Waals surface area (Å²) in [5.74, 6) is -1.74. The zero-order valence-corrected chi connectivity index (χ0v) is 16.8. The molecule has 0 bridgehead atoms. The van der Waals surface area contributed by atoms with Crippen LogP contribution >= 0.6 is 0 Å². The maximum absolute atomic E-state index is 12.4. The van der Waals surface area contributed by atoms with E-state index in [-0.39, 0.29) is 18.4 Å². The number of hydrogen-bond acceptors (Lipinski definition) is 5. The van der Waals surface area contributed by atoms with Gasteiger partial charge in [0.2, 0.25) is 0 Å². The van der Waals surface area contributed by atoms with E-state index in [1.807, 2.05) is 50.2 Å². The highest BCUT2D eigenvalue weighted by Gasteiger charge is 2.31. The highest BCUT2D eigenvalue weighted by molar-refractivity contribution is 6.35. The summed E-state index contributed by atoms with van der Waals surface area (Å²) in [4.78, 5) is 36.2. The lowest BCUT2D eigenvalue weighted by atomic mass is 9.98. The second-order valence-electron chi connectivity index (χ2n) is 7.51. The summed E-state index contributed by atoms with van der Waals surface area (Å²) in [7, 11) is 1.14. The van der Waals surface area contributed by atoms with Crippen LogP contribution in [0.2, 0.25) is 0 Å². The lowest BCUT2D eigenvalue weighted by molar-refractivity contribution is -0.152. The number of hydrogen-bond donors (Lipinski definition) is 1. The largest absolute Gasteiger partial charge is 0.463 e. The number of alkyl carbamates (subject to hydrolysis) is 1. The monoisotopic (exact) mass is 395 g/mol. The third kappa shape index (κ3) is 4.47. The van der Waals surface area contributed by atoms with Crippen molar-refractivity contribution in [1.29, 1.82) is 0 Å². The first-order valence-electron chi connectivity index (χ1n) is 9.66. The summed E-state index contributed by atoms with van der Waals surface area (Å²) in [6.45, 7) is 3.94. The molecule has 0 saturated carbocycles. The van der Waals surface area contributed by atoms with E-state index >= 15 is 0 Å². The Hall–Kier alpha value is -3.15. The van der Waals surface area contributed by atoms with Gasteiger partial charge >= 0.3 is 12.1 Å². The van der Waals surface area contributed by atoms with E-state index in [0.717, 1.165) is 29.4 Å². The van der Waals surface area contributed by atoms with Gasteiger partial charge in [0.15, 0.2) is 0 Å². The highest BCUT2D eigenvalue weighted by atomic mass is 16.5. The van der Waals surface area contributed by atoms with E-state index < -0.39 is 23.9 Å². The number of methoxy groups -OCH3 is 1. The highest BCUT2D eigenvalue weighted by Crippen LogP contribution is 2.44. The molecule has 0 aliphatic heterocycles. The van der Waals surface area contributed by atoms with Crippen molar-refractivity contribution in [2.45, 2.75) is 32.2 Å². The second kappa shape index (κ2) is 8.90.